The molecule has 1 aromatic carbocycles. The molecule has 1 aliphatic carbocycles. The van der Waals surface area contributed by atoms with Gasteiger partial charge in [0.15, 0.2) is 11.5 Å². The highest BCUT2D eigenvalue weighted by Gasteiger charge is 2.21. The van der Waals surface area contributed by atoms with Crippen molar-refractivity contribution in [3.8, 4) is 11.5 Å². The summed E-state index contributed by atoms with van der Waals surface area (Å²) in [6.07, 6.45) is 4.89. The Morgan fingerprint density at radius 2 is 2.10 bits per heavy atom. The number of ether oxygens (including phenoxy) is 2. The van der Waals surface area contributed by atoms with Gasteiger partial charge in [-0.3, -0.25) is 0 Å². The second-order valence-corrected chi connectivity index (χ2v) is 5.99. The van der Waals surface area contributed by atoms with Crippen molar-refractivity contribution in [1.29, 1.82) is 0 Å². The molecule has 0 unspecified atom stereocenters. The lowest BCUT2D eigenvalue weighted by Crippen LogP contribution is -2.16. The molecule has 1 saturated carbocycles. The highest BCUT2D eigenvalue weighted by Crippen LogP contribution is 2.32. The fraction of sp³-hybridized carbons (Fsp3) is 0.647. The Hall–Kier alpha value is -1.22. The molecule has 0 radical (unpaired) electrons. The quantitative estimate of drug-likeness (QED) is 0.697. The summed E-state index contributed by atoms with van der Waals surface area (Å²) in [6.45, 7) is 6.11. The van der Waals surface area contributed by atoms with Gasteiger partial charge in [0.25, 0.3) is 0 Å². The number of hydrogen-bond acceptors (Lipinski definition) is 3. The van der Waals surface area contributed by atoms with Gasteiger partial charge in [-0.25, -0.2) is 0 Å². The first kappa shape index (κ1) is 15.2. The summed E-state index contributed by atoms with van der Waals surface area (Å²) in [4.78, 5) is 0. The summed E-state index contributed by atoms with van der Waals surface area (Å²) in [5, 5.41) is 3.54. The maximum absolute atomic E-state index is 6.00. The molecule has 1 aromatic rings. The van der Waals surface area contributed by atoms with E-state index in [1.807, 2.05) is 12.1 Å². The number of benzene rings is 1. The number of hydrogen-bond donors (Lipinski definition) is 1. The van der Waals surface area contributed by atoms with Gasteiger partial charge in [0, 0.05) is 18.2 Å². The van der Waals surface area contributed by atoms with Crippen molar-refractivity contribution < 1.29 is 9.47 Å². The third-order valence-electron chi connectivity index (χ3n) is 3.61. The van der Waals surface area contributed by atoms with Crippen molar-refractivity contribution in [2.45, 2.75) is 52.1 Å². The molecular formula is C17H27NO2. The Labute approximate surface area is 122 Å². The van der Waals surface area contributed by atoms with Gasteiger partial charge in [0.2, 0.25) is 0 Å². The van der Waals surface area contributed by atoms with Crippen LogP contribution >= 0.6 is 0 Å². The minimum absolute atomic E-state index is 0.704. The highest BCUT2D eigenvalue weighted by molar-refractivity contribution is 5.46. The van der Waals surface area contributed by atoms with Crippen LogP contribution in [0.5, 0.6) is 11.5 Å². The maximum Gasteiger partial charge on any atom is 0.165 e. The average molecular weight is 277 g/mol. The van der Waals surface area contributed by atoms with Crippen molar-refractivity contribution in [3.05, 3.63) is 23.8 Å². The number of methoxy groups -OCH3 is 1. The molecule has 1 aliphatic rings. The number of para-hydroxylation sites is 1. The van der Waals surface area contributed by atoms with Gasteiger partial charge in [-0.2, -0.15) is 0 Å². The van der Waals surface area contributed by atoms with Crippen LogP contribution in [-0.2, 0) is 6.54 Å². The van der Waals surface area contributed by atoms with Crippen molar-refractivity contribution >= 4 is 0 Å². The number of rotatable bonds is 9. The molecule has 0 atom stereocenters. The van der Waals surface area contributed by atoms with Crippen LogP contribution in [0.4, 0.5) is 0 Å². The van der Waals surface area contributed by atoms with Crippen molar-refractivity contribution in [2.24, 2.45) is 5.92 Å². The molecule has 20 heavy (non-hydrogen) atoms. The Morgan fingerprint density at radius 1 is 1.30 bits per heavy atom. The summed E-state index contributed by atoms with van der Waals surface area (Å²) in [7, 11) is 1.70. The summed E-state index contributed by atoms with van der Waals surface area (Å²) in [5.74, 6) is 2.48. The Kier molecular flexibility index (Phi) is 5.72. The second-order valence-electron chi connectivity index (χ2n) is 5.99. The average Bonchev–Trinajstić information content (AvgIpc) is 3.25. The van der Waals surface area contributed by atoms with E-state index in [4.69, 9.17) is 9.47 Å². The molecule has 0 heterocycles. The van der Waals surface area contributed by atoms with Crippen molar-refractivity contribution in [3.63, 3.8) is 0 Å². The van der Waals surface area contributed by atoms with Crippen LogP contribution in [-0.4, -0.2) is 19.8 Å². The van der Waals surface area contributed by atoms with Crippen LogP contribution in [0.25, 0.3) is 0 Å². The van der Waals surface area contributed by atoms with Crippen molar-refractivity contribution in [1.82, 2.24) is 5.32 Å². The van der Waals surface area contributed by atoms with E-state index in [0.29, 0.717) is 6.04 Å². The lowest BCUT2D eigenvalue weighted by molar-refractivity contribution is 0.276. The second kappa shape index (κ2) is 7.53. The van der Waals surface area contributed by atoms with E-state index in [1.54, 1.807) is 7.11 Å². The first-order valence-electron chi connectivity index (χ1n) is 7.72. The topological polar surface area (TPSA) is 30.5 Å². The minimum atomic E-state index is 0.704. The van der Waals surface area contributed by atoms with Crippen LogP contribution in [0.3, 0.4) is 0 Å². The summed E-state index contributed by atoms with van der Waals surface area (Å²) in [5.41, 5.74) is 1.20. The van der Waals surface area contributed by atoms with E-state index in [2.05, 4.69) is 25.2 Å². The summed E-state index contributed by atoms with van der Waals surface area (Å²) < 4.78 is 11.4. The van der Waals surface area contributed by atoms with Crippen LogP contribution in [0.15, 0.2) is 18.2 Å². The molecule has 3 heteroatoms. The molecule has 0 saturated heterocycles. The zero-order valence-corrected chi connectivity index (χ0v) is 12.9. The summed E-state index contributed by atoms with van der Waals surface area (Å²) in [6, 6.07) is 6.83. The van der Waals surface area contributed by atoms with Gasteiger partial charge < -0.3 is 14.8 Å². The lowest BCUT2D eigenvalue weighted by atomic mass is 10.1. The van der Waals surface area contributed by atoms with Gasteiger partial charge in [-0.05, 0) is 37.7 Å². The van der Waals surface area contributed by atoms with Gasteiger partial charge in [0.05, 0.1) is 13.7 Å². The first-order valence-corrected chi connectivity index (χ1v) is 7.72. The third kappa shape index (κ3) is 4.71. The molecule has 2 rings (SSSR count). The molecule has 0 aromatic heterocycles. The Bertz CT molecular complexity index is 413. The Balaban J connectivity index is 1.94. The largest absolute Gasteiger partial charge is 0.493 e. The normalized spacial score (nSPS) is 14.6. The molecule has 1 fully saturated rings. The number of nitrogens with one attached hydrogen (secondary N) is 1. The smallest absolute Gasteiger partial charge is 0.165 e. The SMILES string of the molecule is COc1cccc(CNC2CC2)c1OCCCC(C)C. The minimum Gasteiger partial charge on any atom is -0.493 e. The monoisotopic (exact) mass is 277 g/mol. The van der Waals surface area contributed by atoms with Crippen molar-refractivity contribution in [2.75, 3.05) is 13.7 Å². The van der Waals surface area contributed by atoms with Crippen LogP contribution < -0.4 is 14.8 Å². The standard InChI is InChI=1S/C17H27NO2/c1-13(2)6-5-11-20-17-14(12-18-15-9-10-15)7-4-8-16(17)19-3/h4,7-8,13,15,18H,5-6,9-12H2,1-3H3. The molecule has 1 N–H and O–H groups in total. The van der Waals surface area contributed by atoms with Crippen LogP contribution in [0.2, 0.25) is 0 Å². The van der Waals surface area contributed by atoms with E-state index in [1.165, 1.54) is 24.8 Å². The molecule has 0 aliphatic heterocycles. The molecule has 0 amide bonds. The lowest BCUT2D eigenvalue weighted by Gasteiger charge is -2.16. The molecule has 0 spiro atoms. The predicted molar refractivity (Wildman–Crippen MR) is 82.4 cm³/mol. The molecule has 112 valence electrons. The third-order valence-corrected chi connectivity index (χ3v) is 3.61. The van der Waals surface area contributed by atoms with Gasteiger partial charge in [-0.15, -0.1) is 0 Å². The van der Waals surface area contributed by atoms with E-state index in [-0.39, 0.29) is 0 Å². The van der Waals surface area contributed by atoms with Crippen LogP contribution in [0, 0.1) is 5.92 Å². The van der Waals surface area contributed by atoms with Gasteiger partial charge in [0.1, 0.15) is 0 Å². The Morgan fingerprint density at radius 3 is 2.75 bits per heavy atom. The van der Waals surface area contributed by atoms with Gasteiger partial charge >= 0.3 is 0 Å². The zero-order valence-electron chi connectivity index (χ0n) is 12.9. The maximum atomic E-state index is 6.00. The van der Waals surface area contributed by atoms with E-state index in [9.17, 15) is 0 Å². The molecule has 0 bridgehead atoms. The van der Waals surface area contributed by atoms with E-state index in [0.717, 1.165) is 37.0 Å². The fourth-order valence-corrected chi connectivity index (χ4v) is 2.23. The fourth-order valence-electron chi connectivity index (χ4n) is 2.23. The molecule has 3 nitrogen and oxygen atoms in total. The summed E-state index contributed by atoms with van der Waals surface area (Å²) >= 11 is 0. The highest BCUT2D eigenvalue weighted by atomic mass is 16.5. The van der Waals surface area contributed by atoms with Crippen LogP contribution in [0.1, 0.15) is 45.1 Å². The van der Waals surface area contributed by atoms with E-state index >= 15 is 0 Å². The van der Waals surface area contributed by atoms with Gasteiger partial charge in [-0.1, -0.05) is 26.0 Å². The first-order chi connectivity index (χ1) is 9.70. The van der Waals surface area contributed by atoms with E-state index < -0.39 is 0 Å². The predicted octanol–water partition coefficient (Wildman–Crippen LogP) is 3.76. The molecular weight excluding hydrogens is 250 g/mol. The zero-order chi connectivity index (χ0) is 14.4.